The van der Waals surface area contributed by atoms with Crippen LogP contribution in [0.5, 0.6) is 0 Å². The van der Waals surface area contributed by atoms with Gasteiger partial charge in [-0.2, -0.15) is 0 Å². The molecule has 4 heteroatoms. The molecule has 116 valence electrons. The highest BCUT2D eigenvalue weighted by molar-refractivity contribution is 6.32. The number of hydrogen-bond acceptors (Lipinski definition) is 1. The number of aromatic nitrogens is 1. The van der Waals surface area contributed by atoms with E-state index in [1.165, 1.54) is 16.7 Å². The van der Waals surface area contributed by atoms with Crippen molar-refractivity contribution >= 4 is 22.4 Å². The van der Waals surface area contributed by atoms with Crippen LogP contribution in [0.1, 0.15) is 25.3 Å². The molecule has 0 bridgehead atoms. The standard InChI is InChI=1S/C19H15ClFNO/c1-19(9-10-19)14-11-22(17-15(20)7-4-8-16(17)21)18(23)13-6-3-2-5-12(13)14/h2-8,11H,9-10H2,1H3. The number of para-hydroxylation sites is 1. The summed E-state index contributed by atoms with van der Waals surface area (Å²) in [5.74, 6) is -0.498. The first kappa shape index (κ1) is 14.5. The summed E-state index contributed by atoms with van der Waals surface area (Å²) in [7, 11) is 0. The zero-order chi connectivity index (χ0) is 16.2. The molecule has 0 saturated heterocycles. The monoisotopic (exact) mass is 327 g/mol. The van der Waals surface area contributed by atoms with E-state index in [0.717, 1.165) is 23.8 Å². The normalized spacial score (nSPS) is 15.8. The number of pyridine rings is 1. The lowest BCUT2D eigenvalue weighted by atomic mass is 9.94. The average molecular weight is 328 g/mol. The number of halogens is 2. The Kier molecular flexibility index (Phi) is 3.10. The summed E-state index contributed by atoms with van der Waals surface area (Å²) in [6.07, 6.45) is 3.91. The van der Waals surface area contributed by atoms with Crippen LogP contribution in [0, 0.1) is 5.82 Å². The van der Waals surface area contributed by atoms with Gasteiger partial charge in [-0.05, 0) is 47.4 Å². The zero-order valence-corrected chi connectivity index (χ0v) is 13.4. The molecule has 1 heterocycles. The molecule has 23 heavy (non-hydrogen) atoms. The van der Waals surface area contributed by atoms with Gasteiger partial charge >= 0.3 is 0 Å². The fourth-order valence-corrected chi connectivity index (χ4v) is 3.37. The summed E-state index contributed by atoms with van der Waals surface area (Å²) in [6, 6.07) is 12.0. The van der Waals surface area contributed by atoms with Crippen molar-refractivity contribution in [1.82, 2.24) is 4.57 Å². The third-order valence-electron chi connectivity index (χ3n) is 4.75. The Morgan fingerprint density at radius 2 is 1.78 bits per heavy atom. The predicted octanol–water partition coefficient (Wildman–Crippen LogP) is 4.83. The Labute approximate surface area is 138 Å². The second-order valence-electron chi connectivity index (χ2n) is 6.39. The van der Waals surface area contributed by atoms with Crippen LogP contribution >= 0.6 is 11.6 Å². The molecule has 1 fully saturated rings. The number of rotatable bonds is 2. The van der Waals surface area contributed by atoms with Gasteiger partial charge in [0.15, 0.2) is 0 Å². The van der Waals surface area contributed by atoms with E-state index < -0.39 is 5.82 Å². The Morgan fingerprint density at radius 1 is 1.09 bits per heavy atom. The minimum absolute atomic E-state index is 0.0484. The first-order chi connectivity index (χ1) is 11.0. The smallest absolute Gasteiger partial charge is 0.263 e. The van der Waals surface area contributed by atoms with Gasteiger partial charge < -0.3 is 0 Å². The predicted molar refractivity (Wildman–Crippen MR) is 91.1 cm³/mol. The van der Waals surface area contributed by atoms with E-state index in [2.05, 4.69) is 6.92 Å². The largest absolute Gasteiger partial charge is 0.279 e. The molecule has 4 rings (SSSR count). The third-order valence-corrected chi connectivity index (χ3v) is 5.06. The zero-order valence-electron chi connectivity index (χ0n) is 12.6. The molecule has 0 atom stereocenters. The molecular weight excluding hydrogens is 313 g/mol. The molecule has 0 N–H and O–H groups in total. The highest BCUT2D eigenvalue weighted by atomic mass is 35.5. The first-order valence-electron chi connectivity index (χ1n) is 7.60. The molecule has 0 spiro atoms. The van der Waals surface area contributed by atoms with Crippen LogP contribution in [0.25, 0.3) is 16.5 Å². The Bertz CT molecular complexity index is 968. The number of nitrogens with zero attached hydrogens (tertiary/aromatic N) is 1. The van der Waals surface area contributed by atoms with E-state index in [1.54, 1.807) is 18.3 Å². The van der Waals surface area contributed by atoms with Gasteiger partial charge in [-0.1, -0.05) is 42.8 Å². The maximum Gasteiger partial charge on any atom is 0.263 e. The molecule has 2 nitrogen and oxygen atoms in total. The van der Waals surface area contributed by atoms with Gasteiger partial charge in [-0.15, -0.1) is 0 Å². The lowest BCUT2D eigenvalue weighted by Crippen LogP contribution is -2.22. The lowest BCUT2D eigenvalue weighted by Gasteiger charge is -2.17. The van der Waals surface area contributed by atoms with Crippen molar-refractivity contribution in [2.45, 2.75) is 25.2 Å². The van der Waals surface area contributed by atoms with E-state index in [1.807, 2.05) is 18.2 Å². The SMILES string of the molecule is CC1(c2cn(-c3c(F)cccc3Cl)c(=O)c3ccccc23)CC1. The minimum Gasteiger partial charge on any atom is -0.279 e. The van der Waals surface area contributed by atoms with Crippen molar-refractivity contribution in [3.63, 3.8) is 0 Å². The average Bonchev–Trinajstić information content (AvgIpc) is 3.28. The summed E-state index contributed by atoms with van der Waals surface area (Å²) >= 11 is 6.17. The molecule has 0 unspecified atom stereocenters. The van der Waals surface area contributed by atoms with Crippen LogP contribution < -0.4 is 5.56 Å². The van der Waals surface area contributed by atoms with Crippen LogP contribution in [0.15, 0.2) is 53.5 Å². The summed E-state index contributed by atoms with van der Waals surface area (Å²) in [6.45, 7) is 2.17. The van der Waals surface area contributed by atoms with Gasteiger partial charge in [0.1, 0.15) is 11.5 Å². The highest BCUT2D eigenvalue weighted by Crippen LogP contribution is 2.49. The summed E-state index contributed by atoms with van der Waals surface area (Å²) < 4.78 is 15.7. The van der Waals surface area contributed by atoms with E-state index >= 15 is 0 Å². The second kappa shape index (κ2) is 4.93. The van der Waals surface area contributed by atoms with Gasteiger partial charge in [-0.3, -0.25) is 9.36 Å². The molecule has 1 aromatic heterocycles. The molecule has 3 aromatic rings. The molecule has 0 amide bonds. The van der Waals surface area contributed by atoms with Crippen molar-refractivity contribution in [2.24, 2.45) is 0 Å². The lowest BCUT2D eigenvalue weighted by molar-refractivity contribution is 0.615. The number of benzene rings is 2. The summed E-state index contributed by atoms with van der Waals surface area (Å²) in [5.41, 5.74) is 0.996. The quantitative estimate of drug-likeness (QED) is 0.660. The highest BCUT2D eigenvalue weighted by Gasteiger charge is 2.41. The first-order valence-corrected chi connectivity index (χ1v) is 7.98. The minimum atomic E-state index is -0.498. The van der Waals surface area contributed by atoms with Crippen molar-refractivity contribution < 1.29 is 4.39 Å². The molecule has 0 radical (unpaired) electrons. The molecule has 1 saturated carbocycles. The molecule has 2 aromatic carbocycles. The molecule has 1 aliphatic carbocycles. The number of hydrogen-bond donors (Lipinski definition) is 0. The summed E-state index contributed by atoms with van der Waals surface area (Å²) in [4.78, 5) is 12.9. The second-order valence-corrected chi connectivity index (χ2v) is 6.80. The Morgan fingerprint density at radius 3 is 2.43 bits per heavy atom. The Balaban J connectivity index is 2.13. The number of fused-ring (bicyclic) bond motifs is 1. The fourth-order valence-electron chi connectivity index (χ4n) is 3.11. The van der Waals surface area contributed by atoms with E-state index in [0.29, 0.717) is 5.39 Å². The molecule has 1 aliphatic rings. The van der Waals surface area contributed by atoms with Crippen molar-refractivity contribution in [3.8, 4) is 5.69 Å². The molecular formula is C19H15ClFNO. The van der Waals surface area contributed by atoms with E-state index in [4.69, 9.17) is 11.6 Å². The van der Waals surface area contributed by atoms with Gasteiger partial charge in [0, 0.05) is 11.6 Å². The van der Waals surface area contributed by atoms with E-state index in [9.17, 15) is 9.18 Å². The maximum atomic E-state index is 14.3. The van der Waals surface area contributed by atoms with Crippen molar-refractivity contribution in [1.29, 1.82) is 0 Å². The van der Waals surface area contributed by atoms with Crippen LogP contribution in [0.4, 0.5) is 4.39 Å². The topological polar surface area (TPSA) is 22.0 Å². The van der Waals surface area contributed by atoms with Gasteiger partial charge in [-0.25, -0.2) is 4.39 Å². The maximum absolute atomic E-state index is 14.3. The van der Waals surface area contributed by atoms with Crippen LogP contribution in [-0.4, -0.2) is 4.57 Å². The van der Waals surface area contributed by atoms with Crippen molar-refractivity contribution in [2.75, 3.05) is 0 Å². The third kappa shape index (κ3) is 2.19. The van der Waals surface area contributed by atoms with Gasteiger partial charge in [0.25, 0.3) is 5.56 Å². The van der Waals surface area contributed by atoms with Crippen molar-refractivity contribution in [3.05, 3.63) is 75.4 Å². The summed E-state index contributed by atoms with van der Waals surface area (Å²) in [5, 5.41) is 1.77. The van der Waals surface area contributed by atoms with Crippen LogP contribution in [0.2, 0.25) is 5.02 Å². The molecule has 0 aliphatic heterocycles. The Hall–Kier alpha value is -2.13. The van der Waals surface area contributed by atoms with Crippen LogP contribution in [-0.2, 0) is 5.41 Å². The fraction of sp³-hybridized carbons (Fsp3) is 0.211. The van der Waals surface area contributed by atoms with E-state index in [-0.39, 0.29) is 21.7 Å². The van der Waals surface area contributed by atoms with Gasteiger partial charge in [0.2, 0.25) is 0 Å². The van der Waals surface area contributed by atoms with Crippen LogP contribution in [0.3, 0.4) is 0 Å². The van der Waals surface area contributed by atoms with Gasteiger partial charge in [0.05, 0.1) is 5.02 Å².